The van der Waals surface area contributed by atoms with Gasteiger partial charge in [0.2, 0.25) is 0 Å². The van der Waals surface area contributed by atoms with Crippen molar-refractivity contribution in [2.24, 2.45) is 0 Å². The van der Waals surface area contributed by atoms with Crippen LogP contribution in [-0.2, 0) is 11.0 Å². The molecule has 0 aromatic heterocycles. The van der Waals surface area contributed by atoms with Crippen LogP contribution in [0.4, 0.5) is 23.7 Å². The average molecular weight is 552 g/mol. The Labute approximate surface area is 231 Å². The standard InChI is InChI=1S/C30H32F3N5O2/c1-20-26(28(39)37-16-12-24(13-17-37)36-14-3-2-4-15-36)27(22-10-8-21(19-34)9-11-22)35-29(40)38(20)25-7-5-6-23(18-25)30(31,32)33/h5-11,18,24,27H,2-4,12-17H2,1H3,(H,35,40). The molecule has 3 amide bonds. The molecule has 1 unspecified atom stereocenters. The fraction of sp³-hybridized carbons (Fsp3) is 0.433. The van der Waals surface area contributed by atoms with Gasteiger partial charge in [-0.2, -0.15) is 18.4 Å². The van der Waals surface area contributed by atoms with Crippen molar-refractivity contribution in [2.45, 2.75) is 57.3 Å². The molecule has 1 atom stereocenters. The Morgan fingerprint density at radius 1 is 1.00 bits per heavy atom. The molecule has 0 saturated carbocycles. The van der Waals surface area contributed by atoms with Gasteiger partial charge in [-0.25, -0.2) is 4.79 Å². The maximum absolute atomic E-state index is 14.1. The van der Waals surface area contributed by atoms with E-state index in [1.54, 1.807) is 36.1 Å². The first-order chi connectivity index (χ1) is 19.2. The number of allylic oxidation sites excluding steroid dienone is 1. The van der Waals surface area contributed by atoms with E-state index in [1.165, 1.54) is 31.4 Å². The SMILES string of the molecule is CC1=C(C(=O)N2CCC(N3CCCCC3)CC2)C(c2ccc(C#N)cc2)NC(=O)N1c1cccc(C(F)(F)F)c1. The zero-order chi connectivity index (χ0) is 28.4. The molecule has 0 spiro atoms. The molecule has 0 radical (unpaired) electrons. The van der Waals surface area contributed by atoms with Crippen LogP contribution in [0.1, 0.15) is 61.8 Å². The lowest BCUT2D eigenvalue weighted by molar-refractivity contribution is -0.137. The number of hydrogen-bond donors (Lipinski definition) is 1. The quantitative estimate of drug-likeness (QED) is 0.537. The van der Waals surface area contributed by atoms with Gasteiger partial charge < -0.3 is 15.1 Å². The molecule has 5 rings (SSSR count). The van der Waals surface area contributed by atoms with Crippen LogP contribution in [-0.4, -0.2) is 54.0 Å². The third kappa shape index (κ3) is 5.56. The molecule has 3 aliphatic heterocycles. The van der Waals surface area contributed by atoms with Gasteiger partial charge in [0.05, 0.1) is 34.5 Å². The van der Waals surface area contributed by atoms with E-state index in [-0.39, 0.29) is 17.3 Å². The Balaban J connectivity index is 1.49. The lowest BCUT2D eigenvalue weighted by Crippen LogP contribution is -2.52. The van der Waals surface area contributed by atoms with Crippen molar-refractivity contribution in [3.8, 4) is 6.07 Å². The number of nitrogens with one attached hydrogen (secondary N) is 1. The monoisotopic (exact) mass is 551 g/mol. The second kappa shape index (κ2) is 11.3. The summed E-state index contributed by atoms with van der Waals surface area (Å²) in [6, 6.07) is 12.2. The molecule has 1 N–H and O–H groups in total. The van der Waals surface area contributed by atoms with Crippen LogP contribution in [0.5, 0.6) is 0 Å². The summed E-state index contributed by atoms with van der Waals surface area (Å²) in [7, 11) is 0. The number of nitriles is 1. The highest BCUT2D eigenvalue weighted by Crippen LogP contribution is 2.37. The van der Waals surface area contributed by atoms with Crippen LogP contribution in [0.2, 0.25) is 0 Å². The molecule has 2 fully saturated rings. The topological polar surface area (TPSA) is 79.7 Å². The van der Waals surface area contributed by atoms with Gasteiger partial charge in [-0.05, 0) is 81.6 Å². The number of likely N-dealkylation sites (tertiary alicyclic amines) is 2. The highest BCUT2D eigenvalue weighted by molar-refractivity contribution is 6.05. The van der Waals surface area contributed by atoms with E-state index in [2.05, 4.69) is 16.3 Å². The minimum atomic E-state index is -4.58. The van der Waals surface area contributed by atoms with Crippen molar-refractivity contribution < 1.29 is 22.8 Å². The fourth-order valence-electron chi connectivity index (χ4n) is 6.04. The van der Waals surface area contributed by atoms with E-state index in [1.807, 2.05) is 0 Å². The Hall–Kier alpha value is -3.84. The van der Waals surface area contributed by atoms with Crippen LogP contribution in [0.3, 0.4) is 0 Å². The van der Waals surface area contributed by atoms with Gasteiger partial charge in [-0.15, -0.1) is 0 Å². The molecule has 3 aliphatic rings. The lowest BCUT2D eigenvalue weighted by Gasteiger charge is -2.42. The first kappa shape index (κ1) is 27.7. The number of urea groups is 1. The van der Waals surface area contributed by atoms with Crippen molar-refractivity contribution in [2.75, 3.05) is 31.1 Å². The molecule has 3 heterocycles. The minimum Gasteiger partial charge on any atom is -0.339 e. The van der Waals surface area contributed by atoms with Crippen LogP contribution in [0.15, 0.2) is 59.8 Å². The van der Waals surface area contributed by atoms with Crippen LogP contribution < -0.4 is 10.2 Å². The number of piperidine rings is 2. The fourth-order valence-corrected chi connectivity index (χ4v) is 6.04. The molecular weight excluding hydrogens is 519 g/mol. The van der Waals surface area contributed by atoms with Gasteiger partial charge in [0.25, 0.3) is 5.91 Å². The Morgan fingerprint density at radius 2 is 1.68 bits per heavy atom. The molecule has 40 heavy (non-hydrogen) atoms. The summed E-state index contributed by atoms with van der Waals surface area (Å²) in [5.74, 6) is -0.249. The van der Waals surface area contributed by atoms with Gasteiger partial charge in [0, 0.05) is 24.8 Å². The number of nitrogens with zero attached hydrogens (tertiary/aromatic N) is 4. The predicted molar refractivity (Wildman–Crippen MR) is 144 cm³/mol. The van der Waals surface area contributed by atoms with Gasteiger partial charge in [-0.3, -0.25) is 9.69 Å². The van der Waals surface area contributed by atoms with E-state index < -0.39 is 23.8 Å². The summed E-state index contributed by atoms with van der Waals surface area (Å²) in [5.41, 5.74) is 0.773. The van der Waals surface area contributed by atoms with Gasteiger partial charge in [-0.1, -0.05) is 24.6 Å². The van der Waals surface area contributed by atoms with E-state index in [0.717, 1.165) is 43.0 Å². The number of halogens is 3. The van der Waals surface area contributed by atoms with Crippen molar-refractivity contribution in [1.29, 1.82) is 5.26 Å². The normalized spacial score (nSPS) is 21.3. The summed E-state index contributed by atoms with van der Waals surface area (Å²) in [4.78, 5) is 32.9. The van der Waals surface area contributed by atoms with Gasteiger partial charge >= 0.3 is 12.2 Å². The van der Waals surface area contributed by atoms with Crippen molar-refractivity contribution in [1.82, 2.24) is 15.1 Å². The van der Waals surface area contributed by atoms with E-state index in [0.29, 0.717) is 35.8 Å². The molecule has 2 aromatic rings. The molecule has 2 saturated heterocycles. The van der Waals surface area contributed by atoms with E-state index >= 15 is 0 Å². The zero-order valence-corrected chi connectivity index (χ0v) is 22.4. The van der Waals surface area contributed by atoms with Crippen LogP contribution in [0.25, 0.3) is 0 Å². The average Bonchev–Trinajstić information content (AvgIpc) is 2.97. The summed E-state index contributed by atoms with van der Waals surface area (Å²) in [5, 5.41) is 12.1. The van der Waals surface area contributed by atoms with Gasteiger partial charge in [0.15, 0.2) is 0 Å². The second-order valence-corrected chi connectivity index (χ2v) is 10.6. The number of rotatable bonds is 4. The van der Waals surface area contributed by atoms with Crippen molar-refractivity contribution >= 4 is 17.6 Å². The molecular formula is C30H32F3N5O2. The lowest BCUT2D eigenvalue weighted by atomic mass is 9.91. The minimum absolute atomic E-state index is 0.0252. The van der Waals surface area contributed by atoms with Crippen LogP contribution in [0, 0.1) is 11.3 Å². The number of anilines is 1. The first-order valence-electron chi connectivity index (χ1n) is 13.7. The number of benzene rings is 2. The molecule has 10 heteroatoms. The number of alkyl halides is 3. The summed E-state index contributed by atoms with van der Waals surface area (Å²) in [6.45, 7) is 4.90. The molecule has 7 nitrogen and oxygen atoms in total. The molecule has 0 bridgehead atoms. The van der Waals surface area contributed by atoms with E-state index in [9.17, 15) is 28.0 Å². The Bertz CT molecular complexity index is 1330. The third-order valence-corrected chi connectivity index (χ3v) is 8.18. The Kier molecular flexibility index (Phi) is 7.86. The number of hydrogen-bond acceptors (Lipinski definition) is 4. The third-order valence-electron chi connectivity index (χ3n) is 8.18. The molecule has 2 aromatic carbocycles. The highest BCUT2D eigenvalue weighted by atomic mass is 19.4. The smallest absolute Gasteiger partial charge is 0.339 e. The van der Waals surface area contributed by atoms with Crippen molar-refractivity contribution in [3.63, 3.8) is 0 Å². The summed E-state index contributed by atoms with van der Waals surface area (Å²) < 4.78 is 40.4. The zero-order valence-electron chi connectivity index (χ0n) is 22.4. The predicted octanol–water partition coefficient (Wildman–Crippen LogP) is 5.60. The summed E-state index contributed by atoms with van der Waals surface area (Å²) in [6.07, 6.45) is 0.770. The Morgan fingerprint density at radius 3 is 2.30 bits per heavy atom. The molecule has 210 valence electrons. The van der Waals surface area contributed by atoms with Crippen LogP contribution >= 0.6 is 0 Å². The first-order valence-corrected chi connectivity index (χ1v) is 13.7. The number of carbonyl (C=O) groups is 2. The van der Waals surface area contributed by atoms with Crippen molar-refractivity contribution in [3.05, 3.63) is 76.5 Å². The second-order valence-electron chi connectivity index (χ2n) is 10.6. The summed E-state index contributed by atoms with van der Waals surface area (Å²) >= 11 is 0. The number of carbonyl (C=O) groups excluding carboxylic acids is 2. The number of amides is 3. The largest absolute Gasteiger partial charge is 0.416 e. The van der Waals surface area contributed by atoms with E-state index in [4.69, 9.17) is 0 Å². The molecule has 0 aliphatic carbocycles. The maximum Gasteiger partial charge on any atom is 0.416 e. The highest BCUT2D eigenvalue weighted by Gasteiger charge is 2.40. The van der Waals surface area contributed by atoms with Gasteiger partial charge in [0.1, 0.15) is 0 Å². The maximum atomic E-state index is 14.1.